The first-order valence-electron chi connectivity index (χ1n) is 8.57. The van der Waals surface area contributed by atoms with Crippen LogP contribution in [0.15, 0.2) is 17.1 Å². The summed E-state index contributed by atoms with van der Waals surface area (Å²) < 4.78 is 1.97. The van der Waals surface area contributed by atoms with E-state index in [2.05, 4.69) is 51.1 Å². The number of nitrogens with one attached hydrogen (secondary N) is 2. The summed E-state index contributed by atoms with van der Waals surface area (Å²) in [6.07, 6.45) is 4.33. The molecule has 2 N–H and O–H groups in total. The van der Waals surface area contributed by atoms with Crippen LogP contribution < -0.4 is 10.6 Å². The first-order valence-corrected chi connectivity index (χ1v) is 10.8. The van der Waals surface area contributed by atoms with Gasteiger partial charge in [-0.2, -0.15) is 11.8 Å². The Labute approximate surface area is 158 Å². The van der Waals surface area contributed by atoms with E-state index in [-0.39, 0.29) is 0 Å². The van der Waals surface area contributed by atoms with Crippen LogP contribution in [0.4, 0.5) is 0 Å². The number of rotatable bonds is 9. The quantitative estimate of drug-likeness (QED) is 0.398. The molecule has 0 aliphatic carbocycles. The standard InChI is InChI=1S/C17H28N6S2/c1-5-14-7-8-15(25-14)11-19-17(18-9-6-10-24-4)20-12-16-22-21-13(2)23(16)3/h7-8H,5-6,9-12H2,1-4H3,(H2,18,19,20). The molecule has 0 saturated heterocycles. The van der Waals surface area contributed by atoms with Gasteiger partial charge in [0.05, 0.1) is 6.54 Å². The molecule has 0 radical (unpaired) electrons. The second-order valence-electron chi connectivity index (χ2n) is 5.74. The second-order valence-corrected chi connectivity index (χ2v) is 7.97. The number of aromatic nitrogens is 3. The highest BCUT2D eigenvalue weighted by Crippen LogP contribution is 2.16. The molecule has 25 heavy (non-hydrogen) atoms. The van der Waals surface area contributed by atoms with Crippen LogP contribution in [0.3, 0.4) is 0 Å². The Hall–Kier alpha value is -1.54. The monoisotopic (exact) mass is 380 g/mol. The molecule has 0 atom stereocenters. The zero-order chi connectivity index (χ0) is 18.1. The van der Waals surface area contributed by atoms with E-state index in [1.165, 1.54) is 9.75 Å². The van der Waals surface area contributed by atoms with Crippen molar-refractivity contribution in [3.8, 4) is 0 Å². The van der Waals surface area contributed by atoms with Crippen molar-refractivity contribution in [3.63, 3.8) is 0 Å². The number of aliphatic imine (C=N–C) groups is 1. The fraction of sp³-hybridized carbons (Fsp3) is 0.588. The minimum absolute atomic E-state index is 0.514. The molecule has 0 aliphatic rings. The molecule has 0 aromatic carbocycles. The Kier molecular flexibility index (Phi) is 8.27. The number of thiophene rings is 1. The lowest BCUT2D eigenvalue weighted by atomic mass is 10.3. The van der Waals surface area contributed by atoms with E-state index in [9.17, 15) is 0 Å². The molecule has 2 aromatic rings. The highest BCUT2D eigenvalue weighted by Gasteiger charge is 2.06. The molecule has 8 heteroatoms. The highest BCUT2D eigenvalue weighted by molar-refractivity contribution is 7.98. The van der Waals surface area contributed by atoms with Gasteiger partial charge >= 0.3 is 0 Å². The molecule has 0 unspecified atom stereocenters. The third-order valence-electron chi connectivity index (χ3n) is 3.87. The Morgan fingerprint density at radius 2 is 2.08 bits per heavy atom. The molecule has 0 amide bonds. The van der Waals surface area contributed by atoms with Crippen molar-refractivity contribution < 1.29 is 0 Å². The predicted octanol–water partition coefficient (Wildman–Crippen LogP) is 2.74. The highest BCUT2D eigenvalue weighted by atomic mass is 32.2. The largest absolute Gasteiger partial charge is 0.356 e. The molecular weight excluding hydrogens is 352 g/mol. The number of aryl methyl sites for hydroxylation is 2. The molecular formula is C17H28N6S2. The van der Waals surface area contributed by atoms with E-state index in [1.54, 1.807) is 0 Å². The smallest absolute Gasteiger partial charge is 0.192 e. The Balaban J connectivity index is 1.95. The average molecular weight is 381 g/mol. The van der Waals surface area contributed by atoms with Crippen molar-refractivity contribution in [1.82, 2.24) is 25.4 Å². The van der Waals surface area contributed by atoms with E-state index >= 15 is 0 Å². The van der Waals surface area contributed by atoms with Crippen molar-refractivity contribution in [1.29, 1.82) is 0 Å². The SMILES string of the molecule is CCc1ccc(CNC(=NCc2nnc(C)n2C)NCCCSC)s1. The van der Waals surface area contributed by atoms with Gasteiger partial charge in [-0.15, -0.1) is 21.5 Å². The lowest BCUT2D eigenvalue weighted by Crippen LogP contribution is -2.37. The molecule has 0 saturated carbocycles. The van der Waals surface area contributed by atoms with Gasteiger partial charge in [0, 0.05) is 23.3 Å². The minimum atomic E-state index is 0.514. The maximum absolute atomic E-state index is 4.68. The summed E-state index contributed by atoms with van der Waals surface area (Å²) in [6.45, 7) is 6.35. The van der Waals surface area contributed by atoms with Gasteiger partial charge in [-0.3, -0.25) is 0 Å². The summed E-state index contributed by atoms with van der Waals surface area (Å²) in [5.41, 5.74) is 0. The number of hydrogen-bond acceptors (Lipinski definition) is 5. The average Bonchev–Trinajstić information content (AvgIpc) is 3.21. The maximum Gasteiger partial charge on any atom is 0.192 e. The van der Waals surface area contributed by atoms with Crippen molar-refractivity contribution in [3.05, 3.63) is 33.5 Å². The van der Waals surface area contributed by atoms with Crippen molar-refractivity contribution >= 4 is 29.1 Å². The van der Waals surface area contributed by atoms with Gasteiger partial charge in [0.1, 0.15) is 12.4 Å². The van der Waals surface area contributed by atoms with E-state index < -0.39 is 0 Å². The van der Waals surface area contributed by atoms with Gasteiger partial charge in [0.25, 0.3) is 0 Å². The summed E-state index contributed by atoms with van der Waals surface area (Å²) in [7, 11) is 1.97. The summed E-state index contributed by atoms with van der Waals surface area (Å²) in [5, 5.41) is 15.1. The van der Waals surface area contributed by atoms with Crippen molar-refractivity contribution in [2.75, 3.05) is 18.6 Å². The Morgan fingerprint density at radius 1 is 1.28 bits per heavy atom. The summed E-state index contributed by atoms with van der Waals surface area (Å²) in [6, 6.07) is 4.39. The van der Waals surface area contributed by atoms with E-state index in [0.29, 0.717) is 6.54 Å². The zero-order valence-electron chi connectivity index (χ0n) is 15.5. The fourth-order valence-corrected chi connectivity index (χ4v) is 3.54. The topological polar surface area (TPSA) is 67.1 Å². The van der Waals surface area contributed by atoms with Gasteiger partial charge in [-0.25, -0.2) is 4.99 Å². The van der Waals surface area contributed by atoms with E-state index in [4.69, 9.17) is 0 Å². The van der Waals surface area contributed by atoms with Crippen LogP contribution in [-0.4, -0.2) is 39.3 Å². The van der Waals surface area contributed by atoms with Gasteiger partial charge in [-0.05, 0) is 43.9 Å². The molecule has 0 fully saturated rings. The Bertz CT molecular complexity index is 676. The Morgan fingerprint density at radius 3 is 2.72 bits per heavy atom. The van der Waals surface area contributed by atoms with Gasteiger partial charge < -0.3 is 15.2 Å². The number of nitrogens with zero attached hydrogens (tertiary/aromatic N) is 4. The van der Waals surface area contributed by atoms with Crippen molar-refractivity contribution in [2.24, 2.45) is 12.0 Å². The molecule has 2 aromatic heterocycles. The third kappa shape index (κ3) is 6.36. The van der Waals surface area contributed by atoms with E-state index in [1.807, 2.05) is 41.6 Å². The molecule has 0 bridgehead atoms. The van der Waals surface area contributed by atoms with E-state index in [0.717, 1.165) is 49.3 Å². The molecule has 2 heterocycles. The summed E-state index contributed by atoms with van der Waals surface area (Å²) in [5.74, 6) is 3.74. The number of thioether (sulfide) groups is 1. The van der Waals surface area contributed by atoms with Crippen LogP contribution in [0.25, 0.3) is 0 Å². The maximum atomic E-state index is 4.68. The van der Waals surface area contributed by atoms with Crippen LogP contribution in [0.1, 0.15) is 34.7 Å². The molecule has 6 nitrogen and oxygen atoms in total. The van der Waals surface area contributed by atoms with Gasteiger partial charge in [-0.1, -0.05) is 6.92 Å². The van der Waals surface area contributed by atoms with Crippen molar-refractivity contribution in [2.45, 2.75) is 39.8 Å². The normalized spacial score (nSPS) is 11.8. The third-order valence-corrected chi connectivity index (χ3v) is 5.80. The zero-order valence-corrected chi connectivity index (χ0v) is 17.1. The van der Waals surface area contributed by atoms with Crippen LogP contribution in [-0.2, 0) is 26.6 Å². The summed E-state index contributed by atoms with van der Waals surface area (Å²) >= 11 is 3.72. The van der Waals surface area contributed by atoms with Crippen LogP contribution in [0, 0.1) is 6.92 Å². The van der Waals surface area contributed by atoms with Gasteiger partial charge in [0.15, 0.2) is 11.8 Å². The lowest BCUT2D eigenvalue weighted by molar-refractivity contribution is 0.747. The molecule has 0 spiro atoms. The predicted molar refractivity (Wildman–Crippen MR) is 108 cm³/mol. The van der Waals surface area contributed by atoms with Crippen LogP contribution in [0.5, 0.6) is 0 Å². The lowest BCUT2D eigenvalue weighted by Gasteiger charge is -2.12. The minimum Gasteiger partial charge on any atom is -0.356 e. The summed E-state index contributed by atoms with van der Waals surface area (Å²) in [4.78, 5) is 7.42. The molecule has 138 valence electrons. The first-order chi connectivity index (χ1) is 12.1. The second kappa shape index (κ2) is 10.5. The number of guanidine groups is 1. The molecule has 0 aliphatic heterocycles. The fourth-order valence-electron chi connectivity index (χ4n) is 2.21. The number of hydrogen-bond donors (Lipinski definition) is 2. The molecule has 2 rings (SSSR count). The van der Waals surface area contributed by atoms with Gasteiger partial charge in [0.2, 0.25) is 0 Å². The van der Waals surface area contributed by atoms with Crippen LogP contribution in [0.2, 0.25) is 0 Å². The van der Waals surface area contributed by atoms with Crippen LogP contribution >= 0.6 is 23.1 Å². The first kappa shape index (κ1) is 19.8.